The molecule has 0 saturated carbocycles. The fraction of sp³-hybridized carbons (Fsp3) is 0.591. The van der Waals surface area contributed by atoms with Crippen LogP contribution >= 0.6 is 0 Å². The highest BCUT2D eigenvalue weighted by Gasteiger charge is 2.40. The van der Waals surface area contributed by atoms with Crippen molar-refractivity contribution in [3.63, 3.8) is 0 Å². The molecule has 5 nitrogen and oxygen atoms in total. The molecule has 6 heteroatoms. The number of benzene rings is 1. The van der Waals surface area contributed by atoms with Crippen molar-refractivity contribution in [3.05, 3.63) is 41.2 Å². The lowest BCUT2D eigenvalue weighted by Gasteiger charge is -2.39. The largest absolute Gasteiger partial charge is 0.547 e. The molecule has 0 aromatic heterocycles. The highest BCUT2D eigenvalue weighted by Crippen LogP contribution is 2.39. The predicted octanol–water partition coefficient (Wildman–Crippen LogP) is 5.21. The van der Waals surface area contributed by atoms with E-state index < -0.39 is 14.1 Å². The number of fused-ring (bicyclic) bond motifs is 1. The minimum absolute atomic E-state index is 0.0426. The fourth-order valence-electron chi connectivity index (χ4n) is 3.21. The fourth-order valence-corrected chi connectivity index (χ4v) is 4.34. The van der Waals surface area contributed by atoms with E-state index in [9.17, 15) is 4.79 Å². The molecule has 1 aromatic carbocycles. The number of hydrogen-bond acceptors (Lipinski definition) is 5. The lowest BCUT2D eigenvalue weighted by Crippen LogP contribution is -2.41. The standard InChI is InChI=1S/C22H32O5Si/c1-21(2,3)28(6,7)27-16-11-12-24-17(14-16)13-15-9-8-10-18-19(15)20(23)26-22(4,5)25-18/h8-11,17H,12-14H2,1-7H3/t17-/m0/s1. The minimum Gasteiger partial charge on any atom is -0.547 e. The predicted molar refractivity (Wildman–Crippen MR) is 111 cm³/mol. The Labute approximate surface area is 169 Å². The Hall–Kier alpha value is -1.79. The van der Waals surface area contributed by atoms with Crippen molar-refractivity contribution in [2.45, 2.75) is 77.5 Å². The van der Waals surface area contributed by atoms with Gasteiger partial charge in [0.2, 0.25) is 14.1 Å². The molecular formula is C22H32O5Si. The normalized spacial score (nSPS) is 21.9. The topological polar surface area (TPSA) is 54.0 Å². The Bertz CT molecular complexity index is 789. The van der Waals surface area contributed by atoms with Crippen LogP contribution in [0.1, 0.15) is 57.0 Å². The molecule has 2 aliphatic rings. The molecule has 0 spiro atoms. The highest BCUT2D eigenvalue weighted by atomic mass is 28.4. The second-order valence-corrected chi connectivity index (χ2v) is 14.3. The maximum Gasteiger partial charge on any atom is 0.345 e. The van der Waals surface area contributed by atoms with Crippen LogP contribution in [0.4, 0.5) is 0 Å². The van der Waals surface area contributed by atoms with Crippen molar-refractivity contribution in [2.75, 3.05) is 6.61 Å². The molecule has 0 bridgehead atoms. The minimum atomic E-state index is -1.88. The second-order valence-electron chi connectivity index (χ2n) is 9.58. The third-order valence-electron chi connectivity index (χ3n) is 5.72. The van der Waals surface area contributed by atoms with Gasteiger partial charge in [0.05, 0.1) is 18.5 Å². The first-order valence-corrected chi connectivity index (χ1v) is 12.8. The van der Waals surface area contributed by atoms with Crippen LogP contribution in [0.2, 0.25) is 18.1 Å². The van der Waals surface area contributed by atoms with E-state index >= 15 is 0 Å². The monoisotopic (exact) mass is 404 g/mol. The van der Waals surface area contributed by atoms with E-state index in [0.717, 1.165) is 11.3 Å². The van der Waals surface area contributed by atoms with Crippen molar-refractivity contribution in [1.82, 2.24) is 0 Å². The Balaban J connectivity index is 1.74. The molecule has 0 saturated heterocycles. The maximum absolute atomic E-state index is 12.6. The summed E-state index contributed by atoms with van der Waals surface area (Å²) in [6.07, 6.45) is 3.31. The van der Waals surface area contributed by atoms with Gasteiger partial charge >= 0.3 is 5.97 Å². The van der Waals surface area contributed by atoms with Gasteiger partial charge in [0.1, 0.15) is 11.3 Å². The summed E-state index contributed by atoms with van der Waals surface area (Å²) in [5.41, 5.74) is 1.39. The zero-order valence-corrected chi connectivity index (χ0v) is 19.0. The summed E-state index contributed by atoms with van der Waals surface area (Å²) >= 11 is 0. The molecule has 0 fully saturated rings. The van der Waals surface area contributed by atoms with Crippen molar-refractivity contribution >= 4 is 14.3 Å². The Morgan fingerprint density at radius 3 is 2.61 bits per heavy atom. The van der Waals surface area contributed by atoms with Gasteiger partial charge in [0.15, 0.2) is 0 Å². The van der Waals surface area contributed by atoms with E-state index in [2.05, 4.69) is 33.9 Å². The SMILES string of the molecule is CC1(C)OC(=O)c2c(C[C@H]3CC(O[Si](C)(C)C(C)(C)C)=CCO3)cccc2O1. The lowest BCUT2D eigenvalue weighted by atomic mass is 9.97. The van der Waals surface area contributed by atoms with Gasteiger partial charge in [-0.15, -0.1) is 0 Å². The van der Waals surface area contributed by atoms with Crippen LogP contribution in [0, 0.1) is 0 Å². The van der Waals surface area contributed by atoms with Crippen molar-refractivity contribution < 1.29 is 23.4 Å². The molecular weight excluding hydrogens is 372 g/mol. The van der Waals surface area contributed by atoms with Crippen LogP contribution in [0.15, 0.2) is 30.0 Å². The zero-order valence-electron chi connectivity index (χ0n) is 18.0. The average Bonchev–Trinajstić information content (AvgIpc) is 2.52. The van der Waals surface area contributed by atoms with E-state index in [1.807, 2.05) is 24.3 Å². The first-order valence-electron chi connectivity index (χ1n) is 9.92. The molecule has 0 radical (unpaired) electrons. The first kappa shape index (κ1) is 20.9. The number of carbonyl (C=O) groups excluding carboxylic acids is 1. The van der Waals surface area contributed by atoms with Crippen LogP contribution in [0.5, 0.6) is 5.75 Å². The van der Waals surface area contributed by atoms with Gasteiger partial charge in [-0.3, -0.25) is 0 Å². The maximum atomic E-state index is 12.6. The van der Waals surface area contributed by atoms with E-state index in [1.165, 1.54) is 0 Å². The smallest absolute Gasteiger partial charge is 0.345 e. The Morgan fingerprint density at radius 1 is 1.21 bits per heavy atom. The van der Waals surface area contributed by atoms with Crippen LogP contribution in [0.3, 0.4) is 0 Å². The summed E-state index contributed by atoms with van der Waals surface area (Å²) in [5.74, 6) is 0.290. The van der Waals surface area contributed by atoms with Crippen LogP contribution in [0.25, 0.3) is 0 Å². The zero-order chi connectivity index (χ0) is 20.7. The Morgan fingerprint density at radius 2 is 1.93 bits per heavy atom. The van der Waals surface area contributed by atoms with E-state index in [-0.39, 0.29) is 17.1 Å². The summed E-state index contributed by atoms with van der Waals surface area (Å²) in [6, 6.07) is 5.67. The first-order chi connectivity index (χ1) is 12.9. The van der Waals surface area contributed by atoms with Crippen molar-refractivity contribution in [1.29, 1.82) is 0 Å². The third kappa shape index (κ3) is 4.44. The van der Waals surface area contributed by atoms with Gasteiger partial charge in [0.25, 0.3) is 0 Å². The van der Waals surface area contributed by atoms with Gasteiger partial charge in [-0.05, 0) is 35.8 Å². The van der Waals surface area contributed by atoms with E-state index in [1.54, 1.807) is 13.8 Å². The van der Waals surface area contributed by atoms with Gasteiger partial charge in [0, 0.05) is 26.7 Å². The number of ether oxygens (including phenoxy) is 3. The molecule has 0 amide bonds. The highest BCUT2D eigenvalue weighted by molar-refractivity contribution is 6.74. The number of carbonyl (C=O) groups is 1. The molecule has 0 N–H and O–H groups in total. The molecule has 3 rings (SSSR count). The second kappa shape index (κ2) is 7.23. The third-order valence-corrected chi connectivity index (χ3v) is 10.1. The molecule has 1 aromatic rings. The molecule has 2 aliphatic heterocycles. The molecule has 2 heterocycles. The molecule has 0 aliphatic carbocycles. The van der Waals surface area contributed by atoms with Gasteiger partial charge in [-0.2, -0.15) is 0 Å². The van der Waals surface area contributed by atoms with E-state index in [4.69, 9.17) is 18.6 Å². The molecule has 1 atom stereocenters. The van der Waals surface area contributed by atoms with Gasteiger partial charge < -0.3 is 18.6 Å². The van der Waals surface area contributed by atoms with Crippen LogP contribution < -0.4 is 4.74 Å². The summed E-state index contributed by atoms with van der Waals surface area (Å²) in [7, 11) is -1.88. The number of cyclic esters (lactones) is 1. The Kier molecular flexibility index (Phi) is 5.40. The summed E-state index contributed by atoms with van der Waals surface area (Å²) in [5, 5.41) is 0.147. The van der Waals surface area contributed by atoms with Crippen molar-refractivity contribution in [3.8, 4) is 5.75 Å². The quantitative estimate of drug-likeness (QED) is 0.509. The summed E-state index contributed by atoms with van der Waals surface area (Å²) < 4.78 is 23.7. The number of esters is 1. The van der Waals surface area contributed by atoms with Crippen LogP contribution in [-0.4, -0.2) is 32.8 Å². The van der Waals surface area contributed by atoms with Crippen LogP contribution in [-0.2, 0) is 20.3 Å². The number of hydrogen-bond donors (Lipinski definition) is 0. The molecule has 28 heavy (non-hydrogen) atoms. The number of rotatable bonds is 4. The van der Waals surface area contributed by atoms with E-state index in [0.29, 0.717) is 30.8 Å². The average molecular weight is 405 g/mol. The van der Waals surface area contributed by atoms with Gasteiger partial charge in [-0.1, -0.05) is 32.9 Å². The molecule has 0 unspecified atom stereocenters. The summed E-state index contributed by atoms with van der Waals surface area (Å²) in [4.78, 5) is 12.6. The summed E-state index contributed by atoms with van der Waals surface area (Å²) in [6.45, 7) is 15.2. The van der Waals surface area contributed by atoms with Crippen molar-refractivity contribution in [2.24, 2.45) is 0 Å². The lowest BCUT2D eigenvalue weighted by molar-refractivity contribution is -0.127. The van der Waals surface area contributed by atoms with Gasteiger partial charge in [-0.25, -0.2) is 4.79 Å². The molecule has 154 valence electrons.